The van der Waals surface area contributed by atoms with Crippen molar-refractivity contribution in [1.82, 2.24) is 9.62 Å². The van der Waals surface area contributed by atoms with Crippen molar-refractivity contribution in [2.24, 2.45) is 5.92 Å². The van der Waals surface area contributed by atoms with E-state index in [9.17, 15) is 13.2 Å². The van der Waals surface area contributed by atoms with Crippen LogP contribution in [-0.2, 0) is 19.5 Å². The summed E-state index contributed by atoms with van der Waals surface area (Å²) in [6, 6.07) is 6.02. The molecule has 0 saturated carbocycles. The lowest BCUT2D eigenvalue weighted by Gasteiger charge is -2.31. The second kappa shape index (κ2) is 9.45. The van der Waals surface area contributed by atoms with Gasteiger partial charge in [-0.3, -0.25) is 0 Å². The van der Waals surface area contributed by atoms with Crippen LogP contribution in [0.25, 0.3) is 0 Å². The van der Waals surface area contributed by atoms with Gasteiger partial charge in [0.25, 0.3) is 0 Å². The molecule has 7 nitrogen and oxygen atoms in total. The Morgan fingerprint density at radius 3 is 2.41 bits per heavy atom. The zero-order chi connectivity index (χ0) is 21.8. The minimum atomic E-state index is -3.74. The molecule has 1 aliphatic rings. The van der Waals surface area contributed by atoms with Gasteiger partial charge < -0.3 is 14.8 Å². The third-order valence-corrected chi connectivity index (χ3v) is 6.46. The molecule has 0 aromatic heterocycles. The number of rotatable bonds is 5. The van der Waals surface area contributed by atoms with Gasteiger partial charge in [0.1, 0.15) is 5.60 Å². The summed E-state index contributed by atoms with van der Waals surface area (Å²) >= 11 is 0. The number of ether oxygens (including phenoxy) is 2. The van der Waals surface area contributed by atoms with Crippen molar-refractivity contribution >= 4 is 16.1 Å². The van der Waals surface area contributed by atoms with Crippen LogP contribution in [0.3, 0.4) is 0 Å². The molecule has 2 rings (SSSR count). The number of sulfonamides is 1. The van der Waals surface area contributed by atoms with E-state index in [4.69, 9.17) is 9.47 Å². The third kappa shape index (κ3) is 6.97. The molecule has 2 atom stereocenters. The average molecular weight is 427 g/mol. The molecular formula is C21H34N2O5S. The molecule has 0 bridgehead atoms. The number of benzene rings is 1. The summed E-state index contributed by atoms with van der Waals surface area (Å²) in [4.78, 5) is 12.5. The van der Waals surface area contributed by atoms with E-state index in [0.717, 1.165) is 5.56 Å². The van der Waals surface area contributed by atoms with E-state index in [1.807, 2.05) is 6.92 Å². The smallest absolute Gasteiger partial charge is 0.407 e. The van der Waals surface area contributed by atoms with Gasteiger partial charge in [0, 0.05) is 12.6 Å². The lowest BCUT2D eigenvalue weighted by atomic mass is 10.0. The van der Waals surface area contributed by atoms with Gasteiger partial charge in [0.05, 0.1) is 24.2 Å². The predicted molar refractivity (Wildman–Crippen MR) is 112 cm³/mol. The Morgan fingerprint density at radius 2 is 1.86 bits per heavy atom. The van der Waals surface area contributed by atoms with Crippen LogP contribution in [-0.4, -0.2) is 56.3 Å². The van der Waals surface area contributed by atoms with Crippen LogP contribution in [0, 0.1) is 12.8 Å². The number of amides is 1. The van der Waals surface area contributed by atoms with E-state index in [2.05, 4.69) is 19.2 Å². The summed E-state index contributed by atoms with van der Waals surface area (Å²) in [5.41, 5.74) is 0.357. The SMILES string of the molecule is Cc1ccc(S(=O)(=O)N2C[C@@H](NC(=O)OC(C)(C)C)COC[C@@H]2CC(C)C)cc1. The summed E-state index contributed by atoms with van der Waals surface area (Å²) in [5.74, 6) is 0.301. The van der Waals surface area contributed by atoms with Crippen molar-refractivity contribution < 1.29 is 22.7 Å². The van der Waals surface area contributed by atoms with Crippen molar-refractivity contribution in [3.8, 4) is 0 Å². The van der Waals surface area contributed by atoms with E-state index in [1.54, 1.807) is 45.0 Å². The lowest BCUT2D eigenvalue weighted by molar-refractivity contribution is 0.0461. The number of nitrogens with one attached hydrogen (secondary N) is 1. The first-order chi connectivity index (χ1) is 13.4. The van der Waals surface area contributed by atoms with Crippen LogP contribution in [0.5, 0.6) is 0 Å². The van der Waals surface area contributed by atoms with E-state index in [0.29, 0.717) is 12.3 Å². The first-order valence-corrected chi connectivity index (χ1v) is 11.5. The maximum absolute atomic E-state index is 13.4. The predicted octanol–water partition coefficient (Wildman–Crippen LogP) is 3.32. The molecule has 1 fully saturated rings. The van der Waals surface area contributed by atoms with Crippen LogP contribution < -0.4 is 5.32 Å². The molecule has 1 aromatic rings. The molecule has 1 aliphatic heterocycles. The molecule has 1 saturated heterocycles. The Labute approximate surface area is 174 Å². The summed E-state index contributed by atoms with van der Waals surface area (Å²) in [6.45, 7) is 12.0. The molecule has 29 heavy (non-hydrogen) atoms. The van der Waals surface area contributed by atoms with Gasteiger partial charge in [-0.05, 0) is 52.2 Å². The number of alkyl carbamates (subject to hydrolysis) is 1. The molecule has 0 radical (unpaired) electrons. The highest BCUT2D eigenvalue weighted by Gasteiger charge is 2.37. The lowest BCUT2D eigenvalue weighted by Crippen LogP contribution is -2.50. The van der Waals surface area contributed by atoms with E-state index < -0.39 is 27.8 Å². The molecule has 1 aromatic carbocycles. The first-order valence-electron chi connectivity index (χ1n) is 10.0. The van der Waals surface area contributed by atoms with E-state index in [-0.39, 0.29) is 30.7 Å². The van der Waals surface area contributed by atoms with E-state index >= 15 is 0 Å². The maximum atomic E-state index is 13.4. The van der Waals surface area contributed by atoms with Crippen LogP contribution in [0.15, 0.2) is 29.2 Å². The zero-order valence-electron chi connectivity index (χ0n) is 18.3. The minimum Gasteiger partial charge on any atom is -0.444 e. The third-order valence-electron chi connectivity index (χ3n) is 4.53. The highest BCUT2D eigenvalue weighted by molar-refractivity contribution is 7.89. The largest absolute Gasteiger partial charge is 0.444 e. The van der Waals surface area contributed by atoms with Gasteiger partial charge >= 0.3 is 6.09 Å². The Balaban J connectivity index is 2.28. The highest BCUT2D eigenvalue weighted by Crippen LogP contribution is 2.25. The summed E-state index contributed by atoms with van der Waals surface area (Å²) in [5, 5.41) is 2.76. The molecule has 0 aliphatic carbocycles. The van der Waals surface area contributed by atoms with Gasteiger partial charge in [-0.15, -0.1) is 0 Å². The number of aryl methyl sites for hydroxylation is 1. The molecular weight excluding hydrogens is 392 g/mol. The van der Waals surface area contributed by atoms with Crippen molar-refractivity contribution in [1.29, 1.82) is 0 Å². The first kappa shape index (κ1) is 23.6. The molecule has 0 unspecified atom stereocenters. The van der Waals surface area contributed by atoms with Crippen molar-refractivity contribution in [2.45, 2.75) is 70.5 Å². The van der Waals surface area contributed by atoms with Crippen LogP contribution in [0.2, 0.25) is 0 Å². The topological polar surface area (TPSA) is 84.9 Å². The quantitative estimate of drug-likeness (QED) is 0.781. The van der Waals surface area contributed by atoms with Gasteiger partial charge in [-0.2, -0.15) is 4.31 Å². The number of carbonyl (C=O) groups excluding carboxylic acids is 1. The molecule has 0 spiro atoms. The maximum Gasteiger partial charge on any atom is 0.407 e. The normalized spacial score (nSPS) is 21.6. The van der Waals surface area contributed by atoms with Crippen LogP contribution >= 0.6 is 0 Å². The van der Waals surface area contributed by atoms with Crippen LogP contribution in [0.1, 0.15) is 46.6 Å². The average Bonchev–Trinajstić information content (AvgIpc) is 2.75. The molecule has 1 N–H and O–H groups in total. The van der Waals surface area contributed by atoms with Gasteiger partial charge in [-0.1, -0.05) is 31.5 Å². The van der Waals surface area contributed by atoms with E-state index in [1.165, 1.54) is 4.31 Å². The monoisotopic (exact) mass is 426 g/mol. The summed E-state index contributed by atoms with van der Waals surface area (Å²) < 4.78 is 39.4. The summed E-state index contributed by atoms with van der Waals surface area (Å²) in [6.07, 6.45) is 0.0886. The molecule has 164 valence electrons. The standard InChI is InChI=1S/C21H34N2O5S/c1-15(2)11-18-14-27-13-17(22-20(24)28-21(4,5)6)12-23(18)29(25,26)19-9-7-16(3)8-10-19/h7-10,15,17-18H,11-14H2,1-6H3,(H,22,24)/t17-,18+/m1/s1. The summed E-state index contributed by atoms with van der Waals surface area (Å²) in [7, 11) is -3.74. The fourth-order valence-corrected chi connectivity index (χ4v) is 4.95. The molecule has 1 heterocycles. The molecule has 8 heteroatoms. The zero-order valence-corrected chi connectivity index (χ0v) is 19.1. The Bertz CT molecular complexity index is 784. The minimum absolute atomic E-state index is 0.132. The number of carbonyl (C=O) groups is 1. The number of hydrogen-bond donors (Lipinski definition) is 1. The van der Waals surface area contributed by atoms with Gasteiger partial charge in [-0.25, -0.2) is 13.2 Å². The van der Waals surface area contributed by atoms with Crippen molar-refractivity contribution in [2.75, 3.05) is 19.8 Å². The van der Waals surface area contributed by atoms with Crippen molar-refractivity contribution in [3.05, 3.63) is 29.8 Å². The fourth-order valence-electron chi connectivity index (χ4n) is 3.28. The Hall–Kier alpha value is -1.64. The fraction of sp³-hybridized carbons (Fsp3) is 0.667. The number of nitrogens with zero attached hydrogens (tertiary/aromatic N) is 1. The number of hydrogen-bond acceptors (Lipinski definition) is 5. The van der Waals surface area contributed by atoms with Gasteiger partial charge in [0.15, 0.2) is 0 Å². The second-order valence-corrected chi connectivity index (χ2v) is 10.9. The Kier molecular flexibility index (Phi) is 7.70. The van der Waals surface area contributed by atoms with Gasteiger partial charge in [0.2, 0.25) is 10.0 Å². The van der Waals surface area contributed by atoms with Crippen LogP contribution in [0.4, 0.5) is 4.79 Å². The second-order valence-electron chi connectivity index (χ2n) is 9.05. The molecule has 1 amide bonds. The highest BCUT2D eigenvalue weighted by atomic mass is 32.2. The Morgan fingerprint density at radius 1 is 1.24 bits per heavy atom. The van der Waals surface area contributed by atoms with Crippen molar-refractivity contribution in [3.63, 3.8) is 0 Å².